The summed E-state index contributed by atoms with van der Waals surface area (Å²) in [5, 5.41) is 4.87. The van der Waals surface area contributed by atoms with E-state index >= 15 is 0 Å². The number of hydrogen-bond donors (Lipinski definition) is 1. The van der Waals surface area contributed by atoms with E-state index in [2.05, 4.69) is 5.32 Å². The van der Waals surface area contributed by atoms with Gasteiger partial charge in [0.2, 0.25) is 15.9 Å². The lowest BCUT2D eigenvalue weighted by atomic mass is 10.1. The Balaban J connectivity index is 1.67. The zero-order valence-electron chi connectivity index (χ0n) is 15.0. The van der Waals surface area contributed by atoms with Gasteiger partial charge < -0.3 is 9.73 Å². The molecule has 0 aliphatic heterocycles. The van der Waals surface area contributed by atoms with Gasteiger partial charge in [0.15, 0.2) is 0 Å². The molecule has 0 bridgehead atoms. The van der Waals surface area contributed by atoms with Crippen LogP contribution in [0.5, 0.6) is 0 Å². The van der Waals surface area contributed by atoms with Gasteiger partial charge >= 0.3 is 0 Å². The van der Waals surface area contributed by atoms with Crippen LogP contribution < -0.4 is 5.32 Å². The quantitative estimate of drug-likeness (QED) is 0.660. The van der Waals surface area contributed by atoms with Crippen molar-refractivity contribution in [1.29, 1.82) is 0 Å². The van der Waals surface area contributed by atoms with Gasteiger partial charge in [-0.15, -0.1) is 0 Å². The maximum Gasteiger partial charge on any atom is 0.248 e. The van der Waals surface area contributed by atoms with E-state index in [0.29, 0.717) is 11.5 Å². The normalized spacial score (nSPS) is 12.1. The first kappa shape index (κ1) is 18.9. The van der Waals surface area contributed by atoms with Crippen LogP contribution >= 0.6 is 0 Å². The van der Waals surface area contributed by atoms with Crippen molar-refractivity contribution in [1.82, 2.24) is 4.31 Å². The van der Waals surface area contributed by atoms with Crippen molar-refractivity contribution >= 4 is 38.5 Å². The molecule has 0 aliphatic rings. The van der Waals surface area contributed by atoms with Crippen LogP contribution in [0.3, 0.4) is 0 Å². The van der Waals surface area contributed by atoms with Crippen LogP contribution in [0, 0.1) is 0 Å². The van der Waals surface area contributed by atoms with Crippen LogP contribution in [0.15, 0.2) is 65.1 Å². The summed E-state index contributed by atoms with van der Waals surface area (Å²) in [6.45, 7) is 0.134. The van der Waals surface area contributed by atoms with Gasteiger partial charge in [-0.3, -0.25) is 4.79 Å². The van der Waals surface area contributed by atoms with Crippen LogP contribution in [0.1, 0.15) is 11.5 Å². The predicted octanol–water partition coefficient (Wildman–Crippen LogP) is 3.48. The van der Waals surface area contributed by atoms with Gasteiger partial charge in [-0.05, 0) is 29.7 Å². The number of fused-ring (bicyclic) bond motifs is 1. The fourth-order valence-electron chi connectivity index (χ4n) is 2.57. The summed E-state index contributed by atoms with van der Waals surface area (Å²) in [4.78, 5) is 12.2. The fraction of sp³-hybridized carbons (Fsp3) is 0.150. The molecule has 0 radical (unpaired) electrons. The summed E-state index contributed by atoms with van der Waals surface area (Å²) in [7, 11) is -1.80. The molecule has 2 aromatic carbocycles. The molecular formula is C20H20N2O4S. The first-order valence-electron chi connectivity index (χ1n) is 8.30. The Hall–Kier alpha value is -2.90. The average Bonchev–Trinajstić information content (AvgIpc) is 3.07. The van der Waals surface area contributed by atoms with Gasteiger partial charge in [0.1, 0.15) is 11.5 Å². The molecule has 6 nitrogen and oxygen atoms in total. The van der Waals surface area contributed by atoms with Crippen molar-refractivity contribution in [2.75, 3.05) is 18.6 Å². The molecule has 0 unspecified atom stereocenters. The summed E-state index contributed by atoms with van der Waals surface area (Å²) in [5.74, 6) is 0.689. The monoisotopic (exact) mass is 384 g/mol. The molecule has 7 heteroatoms. The van der Waals surface area contributed by atoms with E-state index in [9.17, 15) is 13.2 Å². The highest BCUT2D eigenvalue weighted by Crippen LogP contribution is 2.23. The molecule has 1 heterocycles. The second-order valence-corrected chi connectivity index (χ2v) is 8.26. The van der Waals surface area contributed by atoms with Crippen LogP contribution in [-0.4, -0.2) is 31.9 Å². The molecule has 1 aromatic heterocycles. The minimum absolute atomic E-state index is 0.134. The number of nitrogens with zero attached hydrogens (tertiary/aromatic N) is 1. The number of benzene rings is 2. The Bertz CT molecular complexity index is 1090. The number of amides is 1. The van der Waals surface area contributed by atoms with Gasteiger partial charge in [-0.1, -0.05) is 36.4 Å². The van der Waals surface area contributed by atoms with Crippen molar-refractivity contribution in [2.45, 2.75) is 6.54 Å². The molecule has 27 heavy (non-hydrogen) atoms. The minimum atomic E-state index is -3.28. The van der Waals surface area contributed by atoms with Crippen molar-refractivity contribution in [3.05, 3.63) is 72.2 Å². The largest absolute Gasteiger partial charge is 0.460 e. The van der Waals surface area contributed by atoms with Gasteiger partial charge in [0.05, 0.1) is 12.8 Å². The Kier molecular flexibility index (Phi) is 5.43. The molecule has 0 atom stereocenters. The molecule has 0 saturated carbocycles. The summed E-state index contributed by atoms with van der Waals surface area (Å²) >= 11 is 0. The number of nitrogens with one attached hydrogen (secondary N) is 1. The summed E-state index contributed by atoms with van der Waals surface area (Å²) < 4.78 is 29.6. The Labute approximate surface area is 158 Å². The maximum absolute atomic E-state index is 12.2. The predicted molar refractivity (Wildman–Crippen MR) is 107 cm³/mol. The van der Waals surface area contributed by atoms with Gasteiger partial charge in [0.25, 0.3) is 0 Å². The molecule has 0 aliphatic carbocycles. The number of anilines is 1. The number of hydrogen-bond acceptors (Lipinski definition) is 4. The Morgan fingerprint density at radius 1 is 1.11 bits per heavy atom. The third kappa shape index (κ3) is 4.84. The van der Waals surface area contributed by atoms with Crippen LogP contribution in [0.2, 0.25) is 0 Å². The molecule has 0 spiro atoms. The summed E-state index contributed by atoms with van der Waals surface area (Å²) in [6, 6.07) is 16.9. The van der Waals surface area contributed by atoms with Crippen molar-refractivity contribution < 1.29 is 17.6 Å². The highest BCUT2D eigenvalue weighted by atomic mass is 32.2. The molecule has 3 rings (SSSR count). The highest BCUT2D eigenvalue weighted by molar-refractivity contribution is 7.88. The van der Waals surface area contributed by atoms with E-state index in [-0.39, 0.29) is 12.5 Å². The van der Waals surface area contributed by atoms with Crippen molar-refractivity contribution in [2.24, 2.45) is 0 Å². The standard InChI is InChI=1S/C20H20N2O4S/c1-22(27(2,24)25)14-17-11-10-16(26-17)12-13-20(23)21-19-9-5-7-15-6-3-4-8-18(15)19/h3-13H,14H2,1-2H3,(H,21,23)/b13-12+. The van der Waals surface area contributed by atoms with E-state index in [0.717, 1.165) is 22.7 Å². The van der Waals surface area contributed by atoms with Crippen LogP contribution in [0.25, 0.3) is 16.8 Å². The smallest absolute Gasteiger partial charge is 0.248 e. The molecule has 3 aromatic rings. The molecule has 1 N–H and O–H groups in total. The SMILES string of the molecule is CN(Cc1ccc(/C=C/C(=O)Nc2cccc3ccccc23)o1)S(C)(=O)=O. The van der Waals surface area contributed by atoms with Gasteiger partial charge in [-0.25, -0.2) is 8.42 Å². The van der Waals surface area contributed by atoms with E-state index in [4.69, 9.17) is 4.42 Å². The molecular weight excluding hydrogens is 364 g/mol. The second kappa shape index (κ2) is 7.77. The summed E-state index contributed by atoms with van der Waals surface area (Å²) in [5.41, 5.74) is 0.734. The topological polar surface area (TPSA) is 79.6 Å². The Morgan fingerprint density at radius 2 is 1.85 bits per heavy atom. The number of rotatable bonds is 6. The van der Waals surface area contributed by atoms with E-state index in [1.807, 2.05) is 42.5 Å². The average molecular weight is 384 g/mol. The third-order valence-electron chi connectivity index (χ3n) is 4.07. The van der Waals surface area contributed by atoms with Gasteiger partial charge in [0, 0.05) is 24.2 Å². The van der Waals surface area contributed by atoms with E-state index in [1.54, 1.807) is 18.2 Å². The second-order valence-electron chi connectivity index (χ2n) is 6.17. The lowest BCUT2D eigenvalue weighted by molar-refractivity contribution is -0.111. The number of furan rings is 1. The maximum atomic E-state index is 12.2. The van der Waals surface area contributed by atoms with E-state index < -0.39 is 10.0 Å². The van der Waals surface area contributed by atoms with Crippen LogP contribution in [0.4, 0.5) is 5.69 Å². The first-order chi connectivity index (χ1) is 12.8. The van der Waals surface area contributed by atoms with Crippen molar-refractivity contribution in [3.63, 3.8) is 0 Å². The molecule has 0 saturated heterocycles. The number of carbonyl (C=O) groups excluding carboxylic acids is 1. The fourth-order valence-corrected chi connectivity index (χ4v) is 2.93. The first-order valence-corrected chi connectivity index (χ1v) is 10.1. The zero-order valence-corrected chi connectivity index (χ0v) is 15.9. The Morgan fingerprint density at radius 3 is 2.63 bits per heavy atom. The third-order valence-corrected chi connectivity index (χ3v) is 5.33. The van der Waals surface area contributed by atoms with Crippen molar-refractivity contribution in [3.8, 4) is 0 Å². The summed E-state index contributed by atoms with van der Waals surface area (Å²) in [6.07, 6.45) is 4.06. The lowest BCUT2D eigenvalue weighted by Crippen LogP contribution is -2.24. The number of sulfonamides is 1. The molecule has 0 fully saturated rings. The lowest BCUT2D eigenvalue weighted by Gasteiger charge is -2.11. The van der Waals surface area contributed by atoms with E-state index in [1.165, 1.54) is 17.4 Å². The molecule has 140 valence electrons. The van der Waals surface area contributed by atoms with Crippen LogP contribution in [-0.2, 0) is 21.4 Å². The van der Waals surface area contributed by atoms with Gasteiger partial charge in [-0.2, -0.15) is 4.31 Å². The zero-order chi connectivity index (χ0) is 19.4. The molecule has 1 amide bonds. The minimum Gasteiger partial charge on any atom is -0.460 e. The highest BCUT2D eigenvalue weighted by Gasteiger charge is 2.13. The number of carbonyl (C=O) groups is 1.